The van der Waals surface area contributed by atoms with Crippen LogP contribution < -0.4 is 15.0 Å². The first-order valence-corrected chi connectivity index (χ1v) is 8.61. The molecule has 2 saturated heterocycles. The molecule has 0 aromatic carbocycles. The highest BCUT2D eigenvalue weighted by Crippen LogP contribution is 2.58. The molecule has 2 fully saturated rings. The Morgan fingerprint density at radius 1 is 1.52 bits per heavy atom. The molecule has 1 aromatic heterocycles. The van der Waals surface area contributed by atoms with Crippen molar-refractivity contribution in [3.05, 3.63) is 6.33 Å². The topological polar surface area (TPSA) is 118 Å². The molecule has 23 heavy (non-hydrogen) atoms. The fourth-order valence-electron chi connectivity index (χ4n) is 2.96. The van der Waals surface area contributed by atoms with Gasteiger partial charge in [0.1, 0.15) is 30.8 Å². The number of rotatable bonds is 2. The van der Waals surface area contributed by atoms with Crippen molar-refractivity contribution in [2.45, 2.75) is 24.5 Å². The van der Waals surface area contributed by atoms with Gasteiger partial charge in [-0.15, -0.1) is 0 Å². The van der Waals surface area contributed by atoms with Gasteiger partial charge in [0.2, 0.25) is 5.88 Å². The molecular weight excluding hydrogens is 326 g/mol. The van der Waals surface area contributed by atoms with Gasteiger partial charge in [-0.2, -0.15) is 14.0 Å². The highest BCUT2D eigenvalue weighted by molar-refractivity contribution is 7.85. The van der Waals surface area contributed by atoms with Gasteiger partial charge in [0.05, 0.1) is 13.8 Å². The molecule has 4 unspecified atom stereocenters. The molecule has 0 spiro atoms. The summed E-state index contributed by atoms with van der Waals surface area (Å²) in [6.45, 7) is 0.411. The van der Waals surface area contributed by atoms with E-state index >= 15 is 0 Å². The lowest BCUT2D eigenvalue weighted by Gasteiger charge is -2.28. The summed E-state index contributed by atoms with van der Waals surface area (Å²) in [5.41, 5.74) is 0.626. The fourth-order valence-corrected chi connectivity index (χ4v) is 3.99. The summed E-state index contributed by atoms with van der Waals surface area (Å²) < 4.78 is 21.3. The lowest BCUT2D eigenvalue weighted by molar-refractivity contribution is -0.0440. The van der Waals surface area contributed by atoms with E-state index in [4.69, 9.17) is 26.1 Å². The molecule has 10 nitrogen and oxygen atoms in total. The van der Waals surface area contributed by atoms with Gasteiger partial charge in [-0.25, -0.2) is 9.88 Å². The van der Waals surface area contributed by atoms with Crippen molar-refractivity contribution >= 4 is 26.9 Å². The van der Waals surface area contributed by atoms with Crippen molar-refractivity contribution in [2.75, 3.05) is 30.6 Å². The number of aliphatic hydroxyl groups is 1. The third-order valence-corrected chi connectivity index (χ3v) is 5.06. The fraction of sp³-hybridized carbons (Fsp3) is 0.636. The average molecular weight is 341 g/mol. The molecule has 3 N–H and O–H groups in total. The summed E-state index contributed by atoms with van der Waals surface area (Å²) in [5.74, 6) is 0.961. The van der Waals surface area contributed by atoms with E-state index in [2.05, 4.69) is 15.3 Å². The molecule has 5 atom stereocenters. The maximum absolute atomic E-state index is 10.5. The Morgan fingerprint density at radius 3 is 3.13 bits per heavy atom. The van der Waals surface area contributed by atoms with E-state index in [1.165, 1.54) is 13.4 Å². The van der Waals surface area contributed by atoms with Crippen molar-refractivity contribution in [1.82, 2.24) is 9.97 Å². The van der Waals surface area contributed by atoms with E-state index in [1.807, 2.05) is 0 Å². The van der Waals surface area contributed by atoms with Gasteiger partial charge in [-0.05, 0) is 0 Å². The Balaban J connectivity index is 1.60. The van der Waals surface area contributed by atoms with Crippen LogP contribution in [-0.2, 0) is 13.8 Å². The molecule has 3 aliphatic rings. The van der Waals surface area contributed by atoms with Gasteiger partial charge in [-0.3, -0.25) is 0 Å². The summed E-state index contributed by atoms with van der Waals surface area (Å²) in [6.07, 6.45) is -1.65. The van der Waals surface area contributed by atoms with Gasteiger partial charge < -0.3 is 24.8 Å². The van der Waals surface area contributed by atoms with Gasteiger partial charge in [0.15, 0.2) is 18.1 Å². The van der Waals surface area contributed by atoms with E-state index in [-0.39, 0.29) is 6.61 Å². The molecule has 0 bridgehead atoms. The van der Waals surface area contributed by atoms with Crippen LogP contribution >= 0.6 is 7.82 Å². The van der Waals surface area contributed by atoms with Gasteiger partial charge in [0.25, 0.3) is 0 Å². The zero-order valence-electron chi connectivity index (χ0n) is 12.2. The van der Waals surface area contributed by atoms with Crippen LogP contribution in [-0.4, -0.2) is 72.5 Å². The Kier molecular flexibility index (Phi) is 3.60. The monoisotopic (exact) mass is 341 g/mol. The van der Waals surface area contributed by atoms with Crippen LogP contribution in [0.1, 0.15) is 0 Å². The number of hydrogen-bond donors (Lipinski definition) is 3. The molecule has 1 aromatic rings. The number of nitrogens with zero attached hydrogens (tertiary/aromatic N) is 3. The van der Waals surface area contributed by atoms with E-state index in [9.17, 15) is 10.00 Å². The van der Waals surface area contributed by atoms with Crippen LogP contribution in [0.5, 0.6) is 5.88 Å². The third kappa shape index (κ3) is 2.44. The minimum absolute atomic E-state index is 0.0558. The summed E-state index contributed by atoms with van der Waals surface area (Å²) in [6, 6.07) is 0. The molecule has 122 valence electrons. The van der Waals surface area contributed by atoms with E-state index in [1.54, 1.807) is 4.90 Å². The Hall–Kier alpha value is -1.23. The molecule has 4 heterocycles. The molecule has 3 aliphatic heterocycles. The maximum atomic E-state index is 10.5. The molecule has 4 rings (SSSR count). The third-order valence-electron chi connectivity index (χ3n) is 4.00. The highest BCUT2D eigenvalue weighted by atomic mass is 31.2. The van der Waals surface area contributed by atoms with Crippen LogP contribution in [0, 0.1) is 0 Å². The van der Waals surface area contributed by atoms with Crippen LogP contribution in [0.25, 0.3) is 0 Å². The maximum Gasteiger partial charge on any atom is 0.488 e. The number of nitrogens with one attached hydrogen (secondary N) is 1. The van der Waals surface area contributed by atoms with Crippen molar-refractivity contribution < 1.29 is 28.5 Å². The van der Waals surface area contributed by atoms with Crippen LogP contribution in [0.2, 0.25) is 0 Å². The van der Waals surface area contributed by atoms with E-state index < -0.39 is 32.4 Å². The predicted molar refractivity (Wildman–Crippen MR) is 79.9 cm³/mol. The SMILES string of the molecule is [B][P+]1(O)OCC2OC(N3CNc4c(OC)ncnc43)C(O)[C@@H]2O1. The quantitative estimate of drug-likeness (QED) is 0.457. The zero-order valence-corrected chi connectivity index (χ0v) is 13.1. The number of hydrogen-bond acceptors (Lipinski definition) is 10. The molecular formula is C11H15BN4O6P+. The number of aromatic nitrogens is 2. The number of anilines is 2. The largest absolute Gasteiger partial charge is 0.488 e. The second-order valence-electron chi connectivity index (χ2n) is 5.37. The molecule has 2 radical (unpaired) electrons. The smallest absolute Gasteiger partial charge is 0.479 e. The van der Waals surface area contributed by atoms with Gasteiger partial charge >= 0.3 is 15.4 Å². The molecule has 0 amide bonds. The van der Waals surface area contributed by atoms with Crippen molar-refractivity contribution in [3.8, 4) is 5.88 Å². The second kappa shape index (κ2) is 5.40. The number of fused-ring (bicyclic) bond motifs is 2. The lowest BCUT2D eigenvalue weighted by Crippen LogP contribution is -2.45. The summed E-state index contributed by atoms with van der Waals surface area (Å²) in [5, 5.41) is 13.6. The van der Waals surface area contributed by atoms with Crippen molar-refractivity contribution in [2.24, 2.45) is 0 Å². The standard InChI is InChI=1S/C11H15BN4O6P/c1-19-10-6-9(13-3-14-10)16(4-15-6)11-7(17)8-5(21-11)2-20-23(12,18)22-8/h3,5,7-8,11,15,17-18H,2,4H2,1H3/q+1/t5?,7?,8-,11?,23?/m1/s1. The first-order chi connectivity index (χ1) is 11.0. The molecule has 0 saturated carbocycles. The van der Waals surface area contributed by atoms with Gasteiger partial charge in [-0.1, -0.05) is 0 Å². The highest BCUT2D eigenvalue weighted by Gasteiger charge is 2.58. The second-order valence-corrected chi connectivity index (χ2v) is 6.97. The minimum atomic E-state index is -3.40. The van der Waals surface area contributed by atoms with Crippen molar-refractivity contribution in [1.29, 1.82) is 0 Å². The first-order valence-electron chi connectivity index (χ1n) is 6.96. The van der Waals surface area contributed by atoms with Crippen LogP contribution in [0.3, 0.4) is 0 Å². The number of methoxy groups -OCH3 is 1. The Morgan fingerprint density at radius 2 is 2.35 bits per heavy atom. The minimum Gasteiger partial charge on any atom is -0.479 e. The van der Waals surface area contributed by atoms with Crippen LogP contribution in [0.4, 0.5) is 11.5 Å². The summed E-state index contributed by atoms with van der Waals surface area (Å²) in [4.78, 5) is 19.7. The summed E-state index contributed by atoms with van der Waals surface area (Å²) in [7, 11) is 3.61. The normalized spacial score (nSPS) is 38.8. The first kappa shape index (κ1) is 15.3. The van der Waals surface area contributed by atoms with E-state index in [0.717, 1.165) is 0 Å². The average Bonchev–Trinajstić information content (AvgIpc) is 3.08. The van der Waals surface area contributed by atoms with Crippen molar-refractivity contribution in [3.63, 3.8) is 0 Å². The Bertz CT molecular complexity index is 624. The van der Waals surface area contributed by atoms with Crippen LogP contribution in [0.15, 0.2) is 6.33 Å². The predicted octanol–water partition coefficient (Wildman–Crippen LogP) is -0.986. The molecule has 12 heteroatoms. The Labute approximate surface area is 133 Å². The summed E-state index contributed by atoms with van der Waals surface area (Å²) >= 11 is 0. The van der Waals surface area contributed by atoms with E-state index in [0.29, 0.717) is 24.1 Å². The number of ether oxygens (including phenoxy) is 2. The van der Waals surface area contributed by atoms with Gasteiger partial charge in [0, 0.05) is 0 Å². The zero-order chi connectivity index (χ0) is 16.2. The molecule has 0 aliphatic carbocycles. The lowest BCUT2D eigenvalue weighted by atomic mass is 10.1. The number of aliphatic hydroxyl groups excluding tert-OH is 1.